The summed E-state index contributed by atoms with van der Waals surface area (Å²) >= 11 is 0. The Hall–Kier alpha value is -2.46. The quantitative estimate of drug-likeness (QED) is 0.719. The number of hydrogen-bond donors (Lipinski definition) is 0. The Kier molecular flexibility index (Phi) is 5.47. The van der Waals surface area contributed by atoms with Gasteiger partial charge in [0.05, 0.1) is 19.6 Å². The molecule has 1 saturated heterocycles. The molecule has 1 fully saturated rings. The maximum Gasteiger partial charge on any atom is 0.246 e. The van der Waals surface area contributed by atoms with E-state index in [2.05, 4.69) is 10.1 Å². The highest BCUT2D eigenvalue weighted by Crippen LogP contribution is 2.26. The van der Waals surface area contributed by atoms with Gasteiger partial charge in [0, 0.05) is 38.5 Å². The molecule has 1 unspecified atom stereocenters. The number of nitrogens with zero attached hydrogens (tertiary/aromatic N) is 5. The summed E-state index contributed by atoms with van der Waals surface area (Å²) < 4.78 is 32.8. The predicted octanol–water partition coefficient (Wildman–Crippen LogP) is 0.781. The zero-order valence-corrected chi connectivity index (χ0v) is 16.4. The lowest BCUT2D eigenvalue weighted by molar-refractivity contribution is -0.123. The molecule has 10 heteroatoms. The second kappa shape index (κ2) is 7.65. The van der Waals surface area contributed by atoms with Crippen LogP contribution in [0, 0.1) is 0 Å². The number of ether oxygens (including phenoxy) is 1. The minimum atomic E-state index is -3.61. The lowest BCUT2D eigenvalue weighted by atomic mass is 10.0. The van der Waals surface area contributed by atoms with Gasteiger partial charge in [-0.1, -0.05) is 6.07 Å². The van der Waals surface area contributed by atoms with Crippen molar-refractivity contribution in [3.8, 4) is 5.88 Å². The number of pyridine rings is 1. The summed E-state index contributed by atoms with van der Waals surface area (Å²) in [5.74, 6) is 0.863. The van der Waals surface area contributed by atoms with Gasteiger partial charge in [0.25, 0.3) is 0 Å². The number of sulfonamides is 1. The molecule has 3 heterocycles. The topological polar surface area (TPSA) is 97.6 Å². The Bertz CT molecular complexity index is 910. The summed E-state index contributed by atoms with van der Waals surface area (Å²) in [6.07, 6.45) is 5.48. The van der Waals surface area contributed by atoms with Gasteiger partial charge in [-0.3, -0.25) is 14.4 Å². The van der Waals surface area contributed by atoms with Crippen LogP contribution in [-0.2, 0) is 28.4 Å². The molecule has 1 atom stereocenters. The van der Waals surface area contributed by atoms with E-state index >= 15 is 0 Å². The van der Waals surface area contributed by atoms with E-state index in [9.17, 15) is 13.2 Å². The molecule has 1 aliphatic rings. The average molecular weight is 393 g/mol. The third-order valence-corrected chi connectivity index (χ3v) is 5.84. The maximum atomic E-state index is 13.1. The zero-order chi connectivity index (χ0) is 19.6. The molecule has 1 aliphatic heterocycles. The fraction of sp³-hybridized carbons (Fsp3) is 0.471. The predicted molar refractivity (Wildman–Crippen MR) is 99.8 cm³/mol. The van der Waals surface area contributed by atoms with Gasteiger partial charge in [0.15, 0.2) is 0 Å². The molecule has 2 aromatic rings. The van der Waals surface area contributed by atoms with Gasteiger partial charge >= 0.3 is 0 Å². The van der Waals surface area contributed by atoms with Gasteiger partial charge in [0.2, 0.25) is 21.8 Å². The number of hydrogen-bond acceptors (Lipinski definition) is 6. The van der Waals surface area contributed by atoms with Crippen LogP contribution in [0.3, 0.4) is 0 Å². The van der Waals surface area contributed by atoms with Crippen LogP contribution in [0.15, 0.2) is 30.6 Å². The number of carbonyl (C=O) groups excluding carboxylic acids is 1. The van der Waals surface area contributed by atoms with Crippen molar-refractivity contribution in [2.24, 2.45) is 7.05 Å². The summed E-state index contributed by atoms with van der Waals surface area (Å²) in [5, 5.41) is 4.10. The second-order valence-electron chi connectivity index (χ2n) is 6.48. The average Bonchev–Trinajstić information content (AvgIpc) is 3.05. The van der Waals surface area contributed by atoms with E-state index in [0.717, 1.165) is 6.26 Å². The highest BCUT2D eigenvalue weighted by molar-refractivity contribution is 7.88. The molecule has 0 aliphatic carbocycles. The number of anilines is 1. The maximum absolute atomic E-state index is 13.1. The summed E-state index contributed by atoms with van der Waals surface area (Å²) in [6, 6.07) is 4.40. The van der Waals surface area contributed by atoms with Crippen molar-refractivity contribution in [2.75, 3.05) is 24.8 Å². The van der Waals surface area contributed by atoms with Gasteiger partial charge < -0.3 is 4.74 Å². The highest BCUT2D eigenvalue weighted by Gasteiger charge is 2.38. The molecule has 1 amide bonds. The van der Waals surface area contributed by atoms with E-state index in [1.54, 1.807) is 47.2 Å². The number of methoxy groups -OCH3 is 1. The molecular formula is C17H23N5O4S. The van der Waals surface area contributed by atoms with E-state index < -0.39 is 16.1 Å². The van der Waals surface area contributed by atoms with Crippen molar-refractivity contribution in [1.29, 1.82) is 0 Å². The van der Waals surface area contributed by atoms with Gasteiger partial charge in [-0.25, -0.2) is 13.4 Å². The van der Waals surface area contributed by atoms with Gasteiger partial charge in [-0.2, -0.15) is 9.40 Å². The third-order valence-electron chi connectivity index (χ3n) is 4.60. The van der Waals surface area contributed by atoms with Crippen LogP contribution in [0.5, 0.6) is 5.88 Å². The molecule has 0 spiro atoms. The lowest BCUT2D eigenvalue weighted by Gasteiger charge is -2.37. The van der Waals surface area contributed by atoms with Crippen LogP contribution >= 0.6 is 0 Å². The number of aromatic nitrogens is 3. The van der Waals surface area contributed by atoms with E-state index in [1.165, 1.54) is 11.4 Å². The normalized spacial score (nSPS) is 18.1. The van der Waals surface area contributed by atoms with Crippen molar-refractivity contribution in [2.45, 2.75) is 25.4 Å². The first kappa shape index (κ1) is 19.3. The van der Waals surface area contributed by atoms with Crippen molar-refractivity contribution < 1.29 is 17.9 Å². The zero-order valence-electron chi connectivity index (χ0n) is 15.6. The monoisotopic (exact) mass is 393 g/mol. The fourth-order valence-electron chi connectivity index (χ4n) is 3.25. The Morgan fingerprint density at radius 2 is 2.11 bits per heavy atom. The Balaban J connectivity index is 1.87. The SMILES string of the molecule is COc1ccc(CN(C2CCCN(c3ccnn3C)C2=O)S(C)(=O)=O)cn1. The molecule has 2 aromatic heterocycles. The number of carbonyl (C=O) groups is 1. The standard InChI is InChI=1S/C17H23N5O4S/c1-20-16(8-9-19-20)21-10-4-5-14(17(21)23)22(27(3,24)25)12-13-6-7-15(26-2)18-11-13/h6-9,11,14H,4-5,10,12H2,1-3H3. The van der Waals surface area contributed by atoms with Crippen LogP contribution < -0.4 is 9.64 Å². The fourth-order valence-corrected chi connectivity index (χ4v) is 4.29. The number of rotatable bonds is 6. The minimum absolute atomic E-state index is 0.0749. The summed E-state index contributed by atoms with van der Waals surface area (Å²) in [7, 11) is -0.343. The van der Waals surface area contributed by atoms with Gasteiger partial charge in [0.1, 0.15) is 11.9 Å². The van der Waals surface area contributed by atoms with Crippen LogP contribution in [-0.4, -0.2) is 59.3 Å². The van der Waals surface area contributed by atoms with E-state index in [-0.39, 0.29) is 12.5 Å². The summed E-state index contributed by atoms with van der Waals surface area (Å²) in [6.45, 7) is 0.613. The summed E-state index contributed by atoms with van der Waals surface area (Å²) in [4.78, 5) is 18.8. The second-order valence-corrected chi connectivity index (χ2v) is 8.41. The van der Waals surface area contributed by atoms with Crippen molar-refractivity contribution in [1.82, 2.24) is 19.1 Å². The van der Waals surface area contributed by atoms with Crippen LogP contribution in [0.1, 0.15) is 18.4 Å². The third kappa shape index (κ3) is 4.11. The summed E-state index contributed by atoms with van der Waals surface area (Å²) in [5.41, 5.74) is 0.687. The number of amides is 1. The lowest BCUT2D eigenvalue weighted by Crippen LogP contribution is -2.54. The first-order chi connectivity index (χ1) is 12.8. The largest absolute Gasteiger partial charge is 0.481 e. The molecular weight excluding hydrogens is 370 g/mol. The number of aryl methyl sites for hydroxylation is 1. The van der Waals surface area contributed by atoms with E-state index in [0.29, 0.717) is 36.6 Å². The van der Waals surface area contributed by atoms with E-state index in [4.69, 9.17) is 4.74 Å². The van der Waals surface area contributed by atoms with E-state index in [1.807, 2.05) is 0 Å². The van der Waals surface area contributed by atoms with Crippen LogP contribution in [0.2, 0.25) is 0 Å². The van der Waals surface area contributed by atoms with Gasteiger partial charge in [-0.05, 0) is 18.4 Å². The van der Waals surface area contributed by atoms with Crippen molar-refractivity contribution >= 4 is 21.7 Å². The molecule has 0 radical (unpaired) electrons. The molecule has 3 rings (SSSR count). The van der Waals surface area contributed by atoms with Crippen LogP contribution in [0.4, 0.5) is 5.82 Å². The number of piperidine rings is 1. The molecule has 0 N–H and O–H groups in total. The molecule has 9 nitrogen and oxygen atoms in total. The highest BCUT2D eigenvalue weighted by atomic mass is 32.2. The van der Waals surface area contributed by atoms with Gasteiger partial charge in [-0.15, -0.1) is 0 Å². The molecule has 27 heavy (non-hydrogen) atoms. The smallest absolute Gasteiger partial charge is 0.246 e. The molecule has 0 bridgehead atoms. The molecule has 0 saturated carbocycles. The van der Waals surface area contributed by atoms with Crippen molar-refractivity contribution in [3.63, 3.8) is 0 Å². The Morgan fingerprint density at radius 1 is 1.33 bits per heavy atom. The van der Waals surface area contributed by atoms with Crippen molar-refractivity contribution in [3.05, 3.63) is 36.2 Å². The Morgan fingerprint density at radius 3 is 2.67 bits per heavy atom. The first-order valence-corrected chi connectivity index (χ1v) is 10.4. The van der Waals surface area contributed by atoms with Crippen LogP contribution in [0.25, 0.3) is 0 Å². The molecule has 146 valence electrons. The first-order valence-electron chi connectivity index (χ1n) is 8.56. The minimum Gasteiger partial charge on any atom is -0.481 e. The molecule has 0 aromatic carbocycles. The Labute approximate surface area is 158 Å².